The van der Waals surface area contributed by atoms with Crippen molar-refractivity contribution in [3.05, 3.63) is 64.7 Å². The molecule has 0 N–H and O–H groups in total. The van der Waals surface area contributed by atoms with Gasteiger partial charge in [0.15, 0.2) is 0 Å². The van der Waals surface area contributed by atoms with Gasteiger partial charge in [-0.25, -0.2) is 0 Å². The summed E-state index contributed by atoms with van der Waals surface area (Å²) in [6, 6.07) is 15.9. The molecule has 0 aliphatic rings. The second-order valence-electron chi connectivity index (χ2n) is 4.04. The van der Waals surface area contributed by atoms with Crippen molar-refractivity contribution in [3.63, 3.8) is 0 Å². The fourth-order valence-corrected chi connectivity index (χ4v) is 1.69. The monoisotopic (exact) mass is 243 g/mol. The van der Waals surface area contributed by atoms with Crippen LogP contribution in [0.1, 0.15) is 18.1 Å². The van der Waals surface area contributed by atoms with E-state index in [9.17, 15) is 0 Å². The van der Waals surface area contributed by atoms with E-state index < -0.39 is 0 Å². The molecule has 0 amide bonds. The minimum absolute atomic E-state index is 0.733. The van der Waals surface area contributed by atoms with Crippen LogP contribution in [0.25, 0.3) is 0 Å². The van der Waals surface area contributed by atoms with Crippen LogP contribution in [0.2, 0.25) is 5.02 Å². The average molecular weight is 244 g/mol. The van der Waals surface area contributed by atoms with Crippen LogP contribution in [0.5, 0.6) is 0 Å². The van der Waals surface area contributed by atoms with Gasteiger partial charge in [0.25, 0.3) is 0 Å². The fourth-order valence-electron chi connectivity index (χ4n) is 1.57. The molecular formula is C15H14ClN. The molecule has 0 bridgehead atoms. The predicted octanol–water partition coefficient (Wildman–Crippen LogP) is 4.79. The molecule has 2 rings (SSSR count). The Morgan fingerprint density at radius 2 is 1.53 bits per heavy atom. The van der Waals surface area contributed by atoms with Crippen LogP contribution in [0.15, 0.2) is 53.5 Å². The summed E-state index contributed by atoms with van der Waals surface area (Å²) in [6.07, 6.45) is 0. The second kappa shape index (κ2) is 5.15. The highest BCUT2D eigenvalue weighted by Gasteiger charge is 1.97. The summed E-state index contributed by atoms with van der Waals surface area (Å²) in [5.41, 5.74) is 4.33. The van der Waals surface area contributed by atoms with Crippen LogP contribution in [0.4, 0.5) is 5.69 Å². The molecule has 17 heavy (non-hydrogen) atoms. The molecule has 0 saturated heterocycles. The Hall–Kier alpha value is -1.60. The average Bonchev–Trinajstić information content (AvgIpc) is 2.33. The number of hydrogen-bond acceptors (Lipinski definition) is 1. The molecule has 0 aliphatic carbocycles. The lowest BCUT2D eigenvalue weighted by Crippen LogP contribution is -1.93. The van der Waals surface area contributed by atoms with Gasteiger partial charge in [-0.2, -0.15) is 0 Å². The van der Waals surface area contributed by atoms with Crippen molar-refractivity contribution < 1.29 is 0 Å². The molecule has 2 aromatic carbocycles. The molecule has 1 nitrogen and oxygen atoms in total. The van der Waals surface area contributed by atoms with Crippen LogP contribution >= 0.6 is 11.6 Å². The Kier molecular flexibility index (Phi) is 3.60. The number of halogens is 1. The maximum Gasteiger partial charge on any atom is 0.0634 e. The summed E-state index contributed by atoms with van der Waals surface area (Å²) in [4.78, 5) is 4.56. The first kappa shape index (κ1) is 11.9. The summed E-state index contributed by atoms with van der Waals surface area (Å²) in [5.74, 6) is 0. The van der Waals surface area contributed by atoms with Crippen molar-refractivity contribution in [1.82, 2.24) is 0 Å². The molecule has 2 aromatic rings. The Balaban J connectivity index is 2.27. The largest absolute Gasteiger partial charge is 0.253 e. The van der Waals surface area contributed by atoms with E-state index in [4.69, 9.17) is 11.6 Å². The molecular weight excluding hydrogens is 230 g/mol. The quantitative estimate of drug-likeness (QED) is 0.673. The second-order valence-corrected chi connectivity index (χ2v) is 4.48. The smallest absolute Gasteiger partial charge is 0.0634 e. The molecule has 0 aliphatic heterocycles. The van der Waals surface area contributed by atoms with Crippen molar-refractivity contribution in [2.75, 3.05) is 0 Å². The lowest BCUT2D eigenvalue weighted by molar-refractivity contribution is 1.43. The van der Waals surface area contributed by atoms with Crippen molar-refractivity contribution >= 4 is 23.0 Å². The third kappa shape index (κ3) is 3.18. The molecule has 0 unspecified atom stereocenters. The van der Waals surface area contributed by atoms with E-state index in [-0.39, 0.29) is 0 Å². The van der Waals surface area contributed by atoms with E-state index in [1.807, 2.05) is 31.2 Å². The van der Waals surface area contributed by atoms with Gasteiger partial charge in [-0.15, -0.1) is 0 Å². The van der Waals surface area contributed by atoms with Gasteiger partial charge in [0.05, 0.1) is 5.69 Å². The minimum Gasteiger partial charge on any atom is -0.253 e. The van der Waals surface area contributed by atoms with Gasteiger partial charge < -0.3 is 0 Å². The van der Waals surface area contributed by atoms with Crippen LogP contribution in [-0.4, -0.2) is 5.71 Å². The Labute approximate surface area is 107 Å². The Morgan fingerprint density at radius 3 is 2.12 bits per heavy atom. The summed E-state index contributed by atoms with van der Waals surface area (Å²) in [5, 5.41) is 0.733. The highest BCUT2D eigenvalue weighted by molar-refractivity contribution is 6.30. The summed E-state index contributed by atoms with van der Waals surface area (Å²) in [7, 11) is 0. The van der Waals surface area contributed by atoms with Crippen molar-refractivity contribution in [3.8, 4) is 0 Å². The molecule has 2 heteroatoms. The van der Waals surface area contributed by atoms with E-state index in [1.165, 1.54) is 5.56 Å². The SMILES string of the molecule is CC(=Nc1ccc(Cl)cc1)c1ccc(C)cc1. The maximum absolute atomic E-state index is 5.83. The normalized spacial score (nSPS) is 11.6. The fraction of sp³-hybridized carbons (Fsp3) is 0.133. The molecule has 0 heterocycles. The minimum atomic E-state index is 0.733. The molecule has 86 valence electrons. The highest BCUT2D eigenvalue weighted by Crippen LogP contribution is 2.17. The number of hydrogen-bond donors (Lipinski definition) is 0. The van der Waals surface area contributed by atoms with Gasteiger partial charge in [0, 0.05) is 10.7 Å². The molecule has 0 spiro atoms. The van der Waals surface area contributed by atoms with Gasteiger partial charge >= 0.3 is 0 Å². The lowest BCUT2D eigenvalue weighted by atomic mass is 10.1. The molecule has 0 atom stereocenters. The van der Waals surface area contributed by atoms with Crippen molar-refractivity contribution in [1.29, 1.82) is 0 Å². The zero-order chi connectivity index (χ0) is 12.3. The summed E-state index contributed by atoms with van der Waals surface area (Å²) in [6.45, 7) is 4.09. The van der Waals surface area contributed by atoms with Crippen molar-refractivity contribution in [2.45, 2.75) is 13.8 Å². The van der Waals surface area contributed by atoms with Gasteiger partial charge in [-0.3, -0.25) is 4.99 Å². The number of nitrogens with zero attached hydrogens (tertiary/aromatic N) is 1. The van der Waals surface area contributed by atoms with Gasteiger partial charge in [-0.05, 0) is 43.7 Å². The molecule has 0 fully saturated rings. The third-order valence-corrected chi connectivity index (χ3v) is 2.84. The van der Waals surface area contributed by atoms with Crippen LogP contribution in [0.3, 0.4) is 0 Å². The van der Waals surface area contributed by atoms with Gasteiger partial charge in [0.1, 0.15) is 0 Å². The molecule has 0 saturated carbocycles. The van der Waals surface area contributed by atoms with E-state index in [0.29, 0.717) is 0 Å². The van der Waals surface area contributed by atoms with Crippen LogP contribution in [0, 0.1) is 6.92 Å². The summed E-state index contributed by atoms with van der Waals surface area (Å²) >= 11 is 5.83. The standard InChI is InChI=1S/C15H14ClN/c1-11-3-5-13(6-4-11)12(2)17-15-9-7-14(16)8-10-15/h3-10H,1-2H3. The first-order valence-corrected chi connectivity index (χ1v) is 5.91. The van der Waals surface area contributed by atoms with Gasteiger partial charge in [-0.1, -0.05) is 41.4 Å². The van der Waals surface area contributed by atoms with E-state index in [2.05, 4.69) is 36.2 Å². The zero-order valence-corrected chi connectivity index (χ0v) is 10.7. The number of rotatable bonds is 2. The zero-order valence-electron chi connectivity index (χ0n) is 9.94. The topological polar surface area (TPSA) is 12.4 Å². The predicted molar refractivity (Wildman–Crippen MR) is 74.5 cm³/mol. The van der Waals surface area contributed by atoms with E-state index in [1.54, 1.807) is 0 Å². The molecule has 0 aromatic heterocycles. The van der Waals surface area contributed by atoms with E-state index in [0.717, 1.165) is 22.0 Å². The lowest BCUT2D eigenvalue weighted by Gasteiger charge is -2.02. The summed E-state index contributed by atoms with van der Waals surface area (Å²) < 4.78 is 0. The maximum atomic E-state index is 5.83. The number of aliphatic imine (C=N–C) groups is 1. The van der Waals surface area contributed by atoms with Crippen molar-refractivity contribution in [2.24, 2.45) is 4.99 Å². The first-order valence-electron chi connectivity index (χ1n) is 5.53. The van der Waals surface area contributed by atoms with E-state index >= 15 is 0 Å². The Morgan fingerprint density at radius 1 is 0.941 bits per heavy atom. The van der Waals surface area contributed by atoms with Crippen LogP contribution < -0.4 is 0 Å². The van der Waals surface area contributed by atoms with Gasteiger partial charge in [0.2, 0.25) is 0 Å². The number of benzene rings is 2. The Bertz CT molecular complexity index is 524. The molecule has 0 radical (unpaired) electrons. The first-order chi connectivity index (χ1) is 8.15. The van der Waals surface area contributed by atoms with Crippen LogP contribution in [-0.2, 0) is 0 Å². The highest BCUT2D eigenvalue weighted by atomic mass is 35.5. The number of aryl methyl sites for hydroxylation is 1. The third-order valence-electron chi connectivity index (χ3n) is 2.59.